The largest absolute Gasteiger partial charge is 0.481 e. The number of urea groups is 1. The molecule has 0 aromatic heterocycles. The summed E-state index contributed by atoms with van der Waals surface area (Å²) >= 11 is 0. The van der Waals surface area contributed by atoms with Crippen molar-refractivity contribution < 1.29 is 29.3 Å². The predicted octanol–water partition coefficient (Wildman–Crippen LogP) is 3.00. The van der Waals surface area contributed by atoms with Crippen molar-refractivity contribution in [1.29, 1.82) is 0 Å². The number of hydrogen-bond acceptors (Lipinski definition) is 5. The number of amides is 3. The Kier molecular flexibility index (Phi) is 9.08. The summed E-state index contributed by atoms with van der Waals surface area (Å²) in [6, 6.07) is 5.86. The average Bonchev–Trinajstić information content (AvgIpc) is 2.97. The van der Waals surface area contributed by atoms with Gasteiger partial charge in [-0.15, -0.1) is 0 Å². The Morgan fingerprint density at radius 3 is 2.55 bits per heavy atom. The maximum atomic E-state index is 12.2. The number of ether oxygens (including phenoxy) is 1. The van der Waals surface area contributed by atoms with E-state index in [-0.39, 0.29) is 18.9 Å². The number of nitrogens with zero attached hydrogens (tertiary/aromatic N) is 1. The fourth-order valence-corrected chi connectivity index (χ4v) is 3.30. The van der Waals surface area contributed by atoms with Crippen LogP contribution in [0.3, 0.4) is 0 Å². The smallest absolute Gasteiger partial charge is 0.329 e. The topological polar surface area (TPSA) is 116 Å². The Hall–Kier alpha value is -2.45. The Bertz CT molecular complexity index is 691. The number of nitrogens with one attached hydrogen (secondary N) is 1. The molecule has 1 saturated heterocycles. The van der Waals surface area contributed by atoms with Crippen LogP contribution in [0.1, 0.15) is 63.5 Å². The Labute approximate surface area is 170 Å². The highest BCUT2D eigenvalue weighted by Gasteiger charge is 2.39. The minimum Gasteiger partial charge on any atom is -0.481 e. The van der Waals surface area contributed by atoms with Crippen LogP contribution in [0.2, 0.25) is 0 Å². The highest BCUT2D eigenvalue weighted by Crippen LogP contribution is 2.26. The first kappa shape index (κ1) is 22.8. The van der Waals surface area contributed by atoms with Crippen LogP contribution in [-0.2, 0) is 14.3 Å². The molecule has 1 unspecified atom stereocenters. The lowest BCUT2D eigenvalue weighted by molar-refractivity contribution is -0.137. The van der Waals surface area contributed by atoms with E-state index in [4.69, 9.17) is 9.84 Å². The number of rotatable bonds is 13. The second kappa shape index (κ2) is 11.5. The molecule has 0 aliphatic carbocycles. The number of aliphatic hydroxyl groups excluding tert-OH is 1. The van der Waals surface area contributed by atoms with E-state index in [0.29, 0.717) is 31.6 Å². The monoisotopic (exact) mass is 406 g/mol. The molecule has 1 aliphatic rings. The van der Waals surface area contributed by atoms with E-state index in [1.807, 2.05) is 0 Å². The summed E-state index contributed by atoms with van der Waals surface area (Å²) in [5.41, 5.74) is 1.36. The molecule has 2 rings (SSSR count). The fraction of sp³-hybridized carbons (Fsp3) is 0.571. The number of carboxylic acids is 1. The van der Waals surface area contributed by atoms with Crippen LogP contribution in [0.15, 0.2) is 24.3 Å². The van der Waals surface area contributed by atoms with Gasteiger partial charge < -0.3 is 14.9 Å². The van der Waals surface area contributed by atoms with Gasteiger partial charge >= 0.3 is 12.0 Å². The summed E-state index contributed by atoms with van der Waals surface area (Å²) in [4.78, 5) is 36.3. The van der Waals surface area contributed by atoms with Gasteiger partial charge in [0.15, 0.2) is 0 Å². The second-order valence-electron chi connectivity index (χ2n) is 7.18. The van der Waals surface area contributed by atoms with Gasteiger partial charge in [0.2, 0.25) is 0 Å². The third-order valence-electron chi connectivity index (χ3n) is 4.92. The minimum absolute atomic E-state index is 0.0329. The van der Waals surface area contributed by atoms with E-state index in [1.165, 1.54) is 4.90 Å². The maximum Gasteiger partial charge on any atom is 0.329 e. The van der Waals surface area contributed by atoms with Crippen LogP contribution in [0.5, 0.6) is 0 Å². The van der Waals surface area contributed by atoms with Gasteiger partial charge in [0.05, 0.1) is 6.10 Å². The van der Waals surface area contributed by atoms with E-state index in [2.05, 4.69) is 12.2 Å². The molecule has 29 heavy (non-hydrogen) atoms. The summed E-state index contributed by atoms with van der Waals surface area (Å²) in [6.07, 6.45) is 4.02. The highest BCUT2D eigenvalue weighted by atomic mass is 16.5. The molecule has 1 aromatic carbocycles. The molecule has 2 atom stereocenters. The van der Waals surface area contributed by atoms with Crippen molar-refractivity contribution in [3.8, 4) is 0 Å². The standard InChI is InChI=1S/C21H30N2O6/c1-2-3-4-6-18(24)15-8-10-16(11-9-15)23-17(20(27)22-21(23)28)12-14-29-13-5-7-19(25)26/h8-11,17-18,24H,2-7,12-14H2,1H3,(H,25,26)(H,22,27,28)/t17-,18?/m0/s1. The normalized spacial score (nSPS) is 17.4. The molecule has 8 heteroatoms. The van der Waals surface area contributed by atoms with Crippen molar-refractivity contribution in [2.24, 2.45) is 0 Å². The number of hydrogen-bond donors (Lipinski definition) is 3. The van der Waals surface area contributed by atoms with Crippen molar-refractivity contribution in [2.45, 2.75) is 64.0 Å². The summed E-state index contributed by atoms with van der Waals surface area (Å²) in [7, 11) is 0. The van der Waals surface area contributed by atoms with Crippen molar-refractivity contribution in [3.63, 3.8) is 0 Å². The lowest BCUT2D eigenvalue weighted by Crippen LogP contribution is -2.36. The van der Waals surface area contributed by atoms with Gasteiger partial charge in [-0.3, -0.25) is 19.8 Å². The summed E-state index contributed by atoms with van der Waals surface area (Å²) in [6.45, 7) is 2.65. The van der Waals surface area contributed by atoms with E-state index in [1.54, 1.807) is 24.3 Å². The SMILES string of the molecule is CCCCCC(O)c1ccc(N2C(=O)NC(=O)[C@@H]2CCOCCCC(=O)O)cc1. The predicted molar refractivity (Wildman–Crippen MR) is 108 cm³/mol. The highest BCUT2D eigenvalue weighted by molar-refractivity contribution is 6.14. The third kappa shape index (κ3) is 6.83. The molecule has 0 saturated carbocycles. The number of aliphatic hydroxyl groups is 1. The maximum absolute atomic E-state index is 12.2. The van der Waals surface area contributed by atoms with Crippen LogP contribution in [-0.4, -0.2) is 47.4 Å². The van der Waals surface area contributed by atoms with Gasteiger partial charge in [-0.2, -0.15) is 0 Å². The second-order valence-corrected chi connectivity index (χ2v) is 7.18. The van der Waals surface area contributed by atoms with Gasteiger partial charge in [0.25, 0.3) is 5.91 Å². The Morgan fingerprint density at radius 1 is 1.17 bits per heavy atom. The van der Waals surface area contributed by atoms with Crippen LogP contribution >= 0.6 is 0 Å². The van der Waals surface area contributed by atoms with Gasteiger partial charge in [0, 0.05) is 31.7 Å². The molecule has 0 bridgehead atoms. The van der Waals surface area contributed by atoms with Crippen LogP contribution in [0, 0.1) is 0 Å². The van der Waals surface area contributed by atoms with E-state index < -0.39 is 24.1 Å². The van der Waals surface area contributed by atoms with Crippen molar-refractivity contribution in [2.75, 3.05) is 18.1 Å². The average molecular weight is 406 g/mol. The lowest BCUT2D eigenvalue weighted by Gasteiger charge is -2.22. The Balaban J connectivity index is 1.92. The molecule has 0 spiro atoms. The minimum atomic E-state index is -0.875. The fourth-order valence-electron chi connectivity index (χ4n) is 3.30. The van der Waals surface area contributed by atoms with E-state index >= 15 is 0 Å². The van der Waals surface area contributed by atoms with Crippen molar-refractivity contribution in [3.05, 3.63) is 29.8 Å². The summed E-state index contributed by atoms with van der Waals surface area (Å²) < 4.78 is 5.40. The van der Waals surface area contributed by atoms with E-state index in [9.17, 15) is 19.5 Å². The summed E-state index contributed by atoms with van der Waals surface area (Å²) in [5, 5.41) is 21.2. The number of carbonyl (C=O) groups excluding carboxylic acids is 2. The first-order valence-electron chi connectivity index (χ1n) is 10.2. The zero-order chi connectivity index (χ0) is 21.2. The molecular weight excluding hydrogens is 376 g/mol. The van der Waals surface area contributed by atoms with Crippen LogP contribution < -0.4 is 10.2 Å². The molecule has 160 valence electrons. The number of anilines is 1. The molecule has 3 N–H and O–H groups in total. The zero-order valence-corrected chi connectivity index (χ0v) is 16.8. The van der Waals surface area contributed by atoms with Gasteiger partial charge in [-0.1, -0.05) is 38.3 Å². The number of benzene rings is 1. The lowest BCUT2D eigenvalue weighted by atomic mass is 10.0. The molecule has 1 heterocycles. The number of carboxylic acid groups (broad SMARTS) is 1. The van der Waals surface area contributed by atoms with Gasteiger partial charge in [-0.25, -0.2) is 4.79 Å². The van der Waals surface area contributed by atoms with Gasteiger partial charge in [0.1, 0.15) is 6.04 Å². The first-order valence-corrected chi connectivity index (χ1v) is 10.2. The quantitative estimate of drug-likeness (QED) is 0.343. The van der Waals surface area contributed by atoms with Crippen LogP contribution in [0.25, 0.3) is 0 Å². The van der Waals surface area contributed by atoms with E-state index in [0.717, 1.165) is 24.8 Å². The zero-order valence-electron chi connectivity index (χ0n) is 16.8. The first-order chi connectivity index (χ1) is 13.9. The summed E-state index contributed by atoms with van der Waals surface area (Å²) in [5.74, 6) is -1.26. The number of carbonyl (C=O) groups is 3. The molecular formula is C21H30N2O6. The molecule has 8 nitrogen and oxygen atoms in total. The molecule has 1 aliphatic heterocycles. The van der Waals surface area contributed by atoms with Crippen molar-refractivity contribution in [1.82, 2.24) is 5.32 Å². The van der Waals surface area contributed by atoms with Crippen molar-refractivity contribution >= 4 is 23.6 Å². The third-order valence-corrected chi connectivity index (χ3v) is 4.92. The molecule has 3 amide bonds. The molecule has 1 fully saturated rings. The van der Waals surface area contributed by atoms with Crippen LogP contribution in [0.4, 0.5) is 10.5 Å². The molecule has 0 radical (unpaired) electrons. The van der Waals surface area contributed by atoms with Gasteiger partial charge in [-0.05, 0) is 30.5 Å². The number of aliphatic carboxylic acids is 1. The number of imide groups is 1. The Morgan fingerprint density at radius 2 is 1.90 bits per heavy atom. The number of unbranched alkanes of at least 4 members (excludes halogenated alkanes) is 2. The molecule has 1 aromatic rings.